The number of hydrogen-bond donors (Lipinski definition) is 0. The van der Waals surface area contributed by atoms with Crippen molar-refractivity contribution in [3.8, 4) is 0 Å². The van der Waals surface area contributed by atoms with Crippen LogP contribution in [0.3, 0.4) is 0 Å². The lowest BCUT2D eigenvalue weighted by atomic mass is 10.1. The second-order valence-electron chi connectivity index (χ2n) is 9.71. The Bertz CT molecular complexity index is 872. The largest absolute Gasteiger partial charge is 0.414 e. The quantitative estimate of drug-likeness (QED) is 0.502. The van der Waals surface area contributed by atoms with E-state index >= 15 is 0 Å². The highest BCUT2D eigenvalue weighted by molar-refractivity contribution is 6.74. The second kappa shape index (κ2) is 11.0. The first-order chi connectivity index (χ1) is 15.5. The topological polar surface area (TPSA) is 80.3 Å². The summed E-state index contributed by atoms with van der Waals surface area (Å²) in [6.45, 7) is 11.2. The van der Waals surface area contributed by atoms with E-state index in [2.05, 4.69) is 33.9 Å². The van der Waals surface area contributed by atoms with Crippen LogP contribution in [0.1, 0.15) is 26.3 Å². The molecule has 1 aromatic carbocycles. The molecule has 0 spiro atoms. The van der Waals surface area contributed by atoms with Crippen molar-refractivity contribution in [3.63, 3.8) is 0 Å². The van der Waals surface area contributed by atoms with Crippen molar-refractivity contribution < 1.29 is 33.0 Å². The summed E-state index contributed by atoms with van der Waals surface area (Å²) < 4.78 is 29.2. The molecular formula is C25H34O7Si. The third kappa shape index (κ3) is 7.27. The van der Waals surface area contributed by atoms with Crippen LogP contribution in [0.5, 0.6) is 0 Å². The van der Waals surface area contributed by atoms with Gasteiger partial charge in [0.05, 0.1) is 19.8 Å². The monoisotopic (exact) mass is 474 g/mol. The van der Waals surface area contributed by atoms with Gasteiger partial charge in [-0.2, -0.15) is 0 Å². The van der Waals surface area contributed by atoms with Crippen LogP contribution in [0.2, 0.25) is 18.1 Å². The average Bonchev–Trinajstić information content (AvgIpc) is 2.77. The van der Waals surface area contributed by atoms with E-state index in [1.807, 2.05) is 30.3 Å². The Morgan fingerprint density at radius 1 is 0.848 bits per heavy atom. The molecule has 1 aromatic rings. The lowest BCUT2D eigenvalue weighted by Crippen LogP contribution is -2.46. The van der Waals surface area contributed by atoms with Gasteiger partial charge in [0.15, 0.2) is 32.5 Å². The Morgan fingerprint density at radius 2 is 1.39 bits per heavy atom. The molecule has 0 unspecified atom stereocenters. The zero-order chi connectivity index (χ0) is 24.1. The van der Waals surface area contributed by atoms with Gasteiger partial charge in [0.25, 0.3) is 0 Å². The van der Waals surface area contributed by atoms with E-state index in [0.717, 1.165) is 5.56 Å². The van der Waals surface area contributed by atoms with Crippen LogP contribution < -0.4 is 0 Å². The minimum absolute atomic E-state index is 0.0205. The summed E-state index contributed by atoms with van der Waals surface area (Å²) >= 11 is 0. The van der Waals surface area contributed by atoms with Crippen LogP contribution >= 0.6 is 0 Å². The Kier molecular flexibility index (Phi) is 8.55. The molecule has 0 aromatic heterocycles. The molecular weight excluding hydrogens is 440 g/mol. The van der Waals surface area contributed by atoms with Gasteiger partial charge in [-0.3, -0.25) is 9.59 Å². The van der Waals surface area contributed by atoms with Crippen LogP contribution in [-0.4, -0.2) is 57.9 Å². The van der Waals surface area contributed by atoms with Gasteiger partial charge >= 0.3 is 0 Å². The molecule has 0 radical (unpaired) electrons. The van der Waals surface area contributed by atoms with E-state index in [9.17, 15) is 9.59 Å². The van der Waals surface area contributed by atoms with Gasteiger partial charge in [-0.05, 0) is 48.0 Å². The lowest BCUT2D eigenvalue weighted by Gasteiger charge is -2.37. The van der Waals surface area contributed by atoms with Crippen molar-refractivity contribution in [2.75, 3.05) is 13.2 Å². The number of ether oxygens (including phenoxy) is 4. The smallest absolute Gasteiger partial charge is 0.192 e. The molecule has 3 rings (SSSR count). The lowest BCUT2D eigenvalue weighted by molar-refractivity contribution is -0.201. The molecule has 0 aliphatic carbocycles. The van der Waals surface area contributed by atoms with Crippen molar-refractivity contribution in [2.24, 2.45) is 0 Å². The molecule has 0 saturated carbocycles. The zero-order valence-corrected chi connectivity index (χ0v) is 21.0. The summed E-state index contributed by atoms with van der Waals surface area (Å²) in [4.78, 5) is 24.5. The van der Waals surface area contributed by atoms with Gasteiger partial charge in [-0.1, -0.05) is 51.1 Å². The van der Waals surface area contributed by atoms with E-state index in [1.165, 1.54) is 18.2 Å². The Hall–Kier alpha value is -1.94. The van der Waals surface area contributed by atoms with Crippen LogP contribution in [-0.2, 0) is 39.6 Å². The van der Waals surface area contributed by atoms with Crippen LogP contribution in [0.15, 0.2) is 54.6 Å². The number of ketones is 2. The fourth-order valence-electron chi connectivity index (χ4n) is 2.98. The normalized spacial score (nSPS) is 26.1. The van der Waals surface area contributed by atoms with Gasteiger partial charge in [0, 0.05) is 0 Å². The zero-order valence-electron chi connectivity index (χ0n) is 20.0. The van der Waals surface area contributed by atoms with Crippen molar-refractivity contribution in [1.82, 2.24) is 0 Å². The van der Waals surface area contributed by atoms with Crippen LogP contribution in [0.25, 0.3) is 0 Å². The Labute approximate surface area is 196 Å². The van der Waals surface area contributed by atoms with Gasteiger partial charge in [0.1, 0.15) is 12.2 Å². The van der Waals surface area contributed by atoms with Gasteiger partial charge in [-0.25, -0.2) is 0 Å². The second-order valence-corrected chi connectivity index (χ2v) is 14.5. The van der Waals surface area contributed by atoms with Crippen molar-refractivity contribution >= 4 is 19.9 Å². The predicted octanol–water partition coefficient (Wildman–Crippen LogP) is 3.94. The van der Waals surface area contributed by atoms with Crippen molar-refractivity contribution in [2.45, 2.75) is 70.3 Å². The maximum Gasteiger partial charge on any atom is 0.192 e. The van der Waals surface area contributed by atoms with Crippen molar-refractivity contribution in [1.29, 1.82) is 0 Å². The highest BCUT2D eigenvalue weighted by Gasteiger charge is 2.39. The molecule has 8 heteroatoms. The number of rotatable bonds is 9. The summed E-state index contributed by atoms with van der Waals surface area (Å²) in [5.74, 6) is -0.362. The summed E-state index contributed by atoms with van der Waals surface area (Å²) in [5.41, 5.74) is 1.01. The maximum atomic E-state index is 12.3. The minimum Gasteiger partial charge on any atom is -0.414 e. The molecule has 0 saturated heterocycles. The third-order valence-corrected chi connectivity index (χ3v) is 10.6. The summed E-state index contributed by atoms with van der Waals surface area (Å²) in [6, 6.07) is 9.72. The van der Waals surface area contributed by atoms with Gasteiger partial charge in [-0.15, -0.1) is 0 Å². The fourth-order valence-corrected chi connectivity index (χ4v) is 3.98. The summed E-state index contributed by atoms with van der Waals surface area (Å²) in [6.07, 6.45) is 3.07. The molecule has 180 valence electrons. The molecule has 0 fully saturated rings. The summed E-state index contributed by atoms with van der Waals surface area (Å²) in [7, 11) is -2.02. The maximum absolute atomic E-state index is 12.3. The Morgan fingerprint density at radius 3 is 1.97 bits per heavy atom. The predicted molar refractivity (Wildman–Crippen MR) is 126 cm³/mol. The molecule has 4 atom stereocenters. The molecule has 33 heavy (non-hydrogen) atoms. The number of hydrogen-bond acceptors (Lipinski definition) is 7. The molecule has 0 N–H and O–H groups in total. The number of benzene rings is 1. The first-order valence-corrected chi connectivity index (χ1v) is 14.1. The van der Waals surface area contributed by atoms with E-state index in [1.54, 1.807) is 6.08 Å². The highest BCUT2D eigenvalue weighted by atomic mass is 28.4. The highest BCUT2D eigenvalue weighted by Crippen LogP contribution is 2.36. The number of carbonyl (C=O) groups is 2. The minimum atomic E-state index is -2.02. The number of carbonyl (C=O) groups excluding carboxylic acids is 2. The SMILES string of the molecule is CC(C)(C)[Si](C)(C)OC[C@@H]1O[C@@H](OC[C@@H]2O[C@@H](OCc3ccccc3)C=CC2=O)C=CC1=O. The summed E-state index contributed by atoms with van der Waals surface area (Å²) in [5, 5.41) is 0.0295. The van der Waals surface area contributed by atoms with Gasteiger partial charge < -0.3 is 23.4 Å². The third-order valence-electron chi connectivity index (χ3n) is 6.14. The van der Waals surface area contributed by atoms with E-state index < -0.39 is 33.1 Å². The molecule has 0 amide bonds. The Balaban J connectivity index is 1.48. The van der Waals surface area contributed by atoms with Gasteiger partial charge in [0.2, 0.25) is 0 Å². The van der Waals surface area contributed by atoms with Crippen molar-refractivity contribution in [3.05, 3.63) is 60.2 Å². The molecule has 2 aliphatic rings. The van der Waals surface area contributed by atoms with E-state index in [-0.39, 0.29) is 29.8 Å². The van der Waals surface area contributed by atoms with Crippen LogP contribution in [0.4, 0.5) is 0 Å². The van der Waals surface area contributed by atoms with E-state index in [0.29, 0.717) is 6.61 Å². The van der Waals surface area contributed by atoms with E-state index in [4.69, 9.17) is 23.4 Å². The first-order valence-electron chi connectivity index (χ1n) is 11.2. The fraction of sp³-hybridized carbons (Fsp3) is 0.520. The van der Waals surface area contributed by atoms with Crippen LogP contribution in [0, 0.1) is 0 Å². The standard InChI is InChI=1S/C25H34O7Si/c1-25(2,3)33(4,5)30-17-22-20(27)12-14-24(32-22)29-16-21-19(26)11-13-23(31-21)28-15-18-9-7-6-8-10-18/h6-14,21-24H,15-17H2,1-5H3/t21-,22-,23+,24+/m0/s1. The molecule has 2 heterocycles. The first kappa shape index (κ1) is 25.7. The molecule has 2 aliphatic heterocycles. The average molecular weight is 475 g/mol. The molecule has 0 bridgehead atoms. The molecule has 7 nitrogen and oxygen atoms in total.